The molecule has 0 N–H and O–H groups in total. The maximum atomic E-state index is 13.8. The standard InChI is InChI=1S/C24H28O10S/c1-29-21(27)10-8-12-17-14(15(10)23(31-3,32-4)20(12)26)13-9-7-11(22(28)30-2)16(18(13)35-17)24(33-5,34-6)19(9)25/h7-9,12-18H,1-6H3/t9-,12+,13-,14+,15-,16+,17-,18+/m1/s1. The predicted octanol–water partition coefficient (Wildman–Crippen LogP) is 0.537. The lowest BCUT2D eigenvalue weighted by atomic mass is 9.50. The van der Waals surface area contributed by atoms with Crippen LogP contribution < -0.4 is 0 Å². The zero-order valence-corrected chi connectivity index (χ0v) is 21.1. The Morgan fingerprint density at radius 1 is 0.686 bits per heavy atom. The third-order valence-corrected chi connectivity index (χ3v) is 10.4. The summed E-state index contributed by atoms with van der Waals surface area (Å²) in [7, 11) is 8.07. The Hall–Kier alpha value is -2.05. The molecule has 190 valence electrons. The molecule has 11 heteroatoms. The molecule has 7 rings (SSSR count). The lowest BCUT2D eigenvalue weighted by Gasteiger charge is -2.56. The molecule has 35 heavy (non-hydrogen) atoms. The number of ketones is 2. The van der Waals surface area contributed by atoms with E-state index in [9.17, 15) is 19.2 Å². The van der Waals surface area contributed by atoms with Gasteiger partial charge in [-0.2, -0.15) is 11.8 Å². The lowest BCUT2D eigenvalue weighted by Crippen LogP contribution is -2.69. The first-order valence-electron chi connectivity index (χ1n) is 11.3. The predicted molar refractivity (Wildman–Crippen MR) is 120 cm³/mol. The number of hydrogen-bond donors (Lipinski definition) is 0. The number of thioether (sulfide) groups is 1. The van der Waals surface area contributed by atoms with E-state index in [-0.39, 0.29) is 33.9 Å². The summed E-state index contributed by atoms with van der Waals surface area (Å²) >= 11 is 1.53. The van der Waals surface area contributed by atoms with Crippen molar-refractivity contribution in [2.45, 2.75) is 22.1 Å². The third kappa shape index (κ3) is 2.76. The molecule has 4 bridgehead atoms. The molecule has 10 nitrogen and oxygen atoms in total. The highest BCUT2D eigenvalue weighted by Crippen LogP contribution is 2.69. The van der Waals surface area contributed by atoms with Gasteiger partial charge in [0, 0.05) is 56.0 Å². The van der Waals surface area contributed by atoms with Gasteiger partial charge in [0.25, 0.3) is 0 Å². The van der Waals surface area contributed by atoms with Crippen LogP contribution >= 0.6 is 11.8 Å². The van der Waals surface area contributed by atoms with E-state index in [1.165, 1.54) is 54.4 Å². The maximum absolute atomic E-state index is 13.8. The summed E-state index contributed by atoms with van der Waals surface area (Å²) in [4.78, 5) is 53.0. The average Bonchev–Trinajstić information content (AvgIpc) is 3.30. The van der Waals surface area contributed by atoms with E-state index < -0.39 is 47.2 Å². The highest BCUT2D eigenvalue weighted by Gasteiger charge is 2.76. The molecular formula is C24H28O10S. The van der Waals surface area contributed by atoms with Crippen LogP contribution in [0.5, 0.6) is 0 Å². The maximum Gasteiger partial charge on any atom is 0.333 e. The van der Waals surface area contributed by atoms with Gasteiger partial charge in [0.1, 0.15) is 0 Å². The van der Waals surface area contributed by atoms with Crippen molar-refractivity contribution >= 4 is 35.3 Å². The van der Waals surface area contributed by atoms with Crippen molar-refractivity contribution in [3.63, 3.8) is 0 Å². The summed E-state index contributed by atoms with van der Waals surface area (Å²) in [5.41, 5.74) is 0.622. The minimum absolute atomic E-state index is 0.262. The van der Waals surface area contributed by atoms with Crippen molar-refractivity contribution in [1.29, 1.82) is 0 Å². The molecule has 1 aliphatic heterocycles. The van der Waals surface area contributed by atoms with Crippen LogP contribution in [0.1, 0.15) is 0 Å². The van der Waals surface area contributed by atoms with E-state index in [2.05, 4.69) is 0 Å². The number of rotatable bonds is 6. The van der Waals surface area contributed by atoms with E-state index in [1.54, 1.807) is 12.2 Å². The van der Waals surface area contributed by atoms with Crippen LogP contribution in [-0.4, -0.2) is 88.2 Å². The molecule has 7 aliphatic rings. The molecule has 3 fully saturated rings. The molecule has 0 radical (unpaired) electrons. The first-order valence-corrected chi connectivity index (χ1v) is 12.2. The molecule has 2 saturated carbocycles. The van der Waals surface area contributed by atoms with Gasteiger partial charge in [-0.3, -0.25) is 9.59 Å². The largest absolute Gasteiger partial charge is 0.466 e. The summed E-state index contributed by atoms with van der Waals surface area (Å²) in [6.45, 7) is 0. The SMILES string of the molecule is COC(=O)C1=C[C@@H]2C(=O)C(OC)(OC)[C@H]1[C@H]1[C@@H]2S[C@H]2[C@@H]1[C@H]1C=C(C(=O)OC)[C@@H]2C(OC)(OC)C1=O. The van der Waals surface area contributed by atoms with Gasteiger partial charge in [-0.1, -0.05) is 12.2 Å². The normalized spacial score (nSPS) is 39.5. The summed E-state index contributed by atoms with van der Waals surface area (Å²) in [5, 5.41) is -0.582. The Labute approximate surface area is 206 Å². The summed E-state index contributed by atoms with van der Waals surface area (Å²) < 4.78 is 32.8. The number of hydrogen-bond acceptors (Lipinski definition) is 11. The number of methoxy groups -OCH3 is 6. The van der Waals surface area contributed by atoms with Crippen LogP contribution in [0, 0.1) is 35.5 Å². The van der Waals surface area contributed by atoms with Crippen molar-refractivity contribution in [3.8, 4) is 0 Å². The van der Waals surface area contributed by atoms with Crippen LogP contribution in [0.15, 0.2) is 23.3 Å². The Kier molecular flexibility index (Phi) is 5.80. The van der Waals surface area contributed by atoms with Crippen molar-refractivity contribution in [3.05, 3.63) is 23.3 Å². The first kappa shape index (κ1) is 24.6. The Balaban J connectivity index is 1.70. The van der Waals surface area contributed by atoms with Crippen LogP contribution in [-0.2, 0) is 47.6 Å². The number of carbonyl (C=O) groups excluding carboxylic acids is 4. The molecular weight excluding hydrogens is 480 g/mol. The smallest absolute Gasteiger partial charge is 0.333 e. The molecule has 6 aliphatic carbocycles. The second-order valence-corrected chi connectivity index (χ2v) is 10.7. The lowest BCUT2D eigenvalue weighted by molar-refractivity contribution is -0.257. The van der Waals surface area contributed by atoms with Gasteiger partial charge in [-0.15, -0.1) is 0 Å². The van der Waals surface area contributed by atoms with Gasteiger partial charge in [-0.25, -0.2) is 9.59 Å². The molecule has 8 atom stereocenters. The van der Waals surface area contributed by atoms with Crippen LogP contribution in [0.2, 0.25) is 0 Å². The second kappa shape index (κ2) is 8.24. The van der Waals surface area contributed by atoms with Crippen molar-refractivity contribution in [2.24, 2.45) is 35.5 Å². The molecule has 0 unspecified atom stereocenters. The van der Waals surface area contributed by atoms with E-state index in [4.69, 9.17) is 28.4 Å². The zero-order valence-electron chi connectivity index (χ0n) is 20.3. The van der Waals surface area contributed by atoms with Gasteiger partial charge in [0.15, 0.2) is 5.78 Å². The van der Waals surface area contributed by atoms with Crippen LogP contribution in [0.4, 0.5) is 0 Å². The molecule has 0 aromatic heterocycles. The van der Waals surface area contributed by atoms with Crippen molar-refractivity contribution in [1.82, 2.24) is 0 Å². The van der Waals surface area contributed by atoms with Gasteiger partial charge in [-0.05, 0) is 11.8 Å². The highest BCUT2D eigenvalue weighted by molar-refractivity contribution is 8.00. The first-order chi connectivity index (χ1) is 16.7. The van der Waals surface area contributed by atoms with E-state index in [0.29, 0.717) is 11.1 Å². The molecule has 0 amide bonds. The molecule has 0 aromatic rings. The van der Waals surface area contributed by atoms with Crippen molar-refractivity contribution in [2.75, 3.05) is 42.7 Å². The minimum atomic E-state index is -1.69. The zero-order chi connectivity index (χ0) is 25.4. The van der Waals surface area contributed by atoms with Gasteiger partial charge in [0.2, 0.25) is 17.4 Å². The molecule has 1 heterocycles. The quantitative estimate of drug-likeness (QED) is 0.369. The van der Waals surface area contributed by atoms with Gasteiger partial charge in [0.05, 0.1) is 32.0 Å². The fraction of sp³-hybridized carbons (Fsp3) is 0.667. The molecule has 0 aromatic carbocycles. The summed E-state index contributed by atoms with van der Waals surface area (Å²) in [6, 6.07) is 0. The number of Topliss-reactive ketones (excluding diaryl/α,β-unsaturated/α-hetero) is 2. The Morgan fingerprint density at radius 2 is 1.14 bits per heavy atom. The Morgan fingerprint density at radius 3 is 1.66 bits per heavy atom. The highest BCUT2D eigenvalue weighted by atomic mass is 32.2. The number of fused-ring (bicyclic) bond motifs is 2. The van der Waals surface area contributed by atoms with E-state index >= 15 is 0 Å². The second-order valence-electron chi connectivity index (χ2n) is 9.33. The molecule has 0 spiro atoms. The topological polar surface area (TPSA) is 124 Å². The summed E-state index contributed by atoms with van der Waals surface area (Å²) in [5.74, 6) is -8.76. The number of allylic oxidation sites excluding steroid dienone is 2. The van der Waals surface area contributed by atoms with Gasteiger partial charge < -0.3 is 28.4 Å². The van der Waals surface area contributed by atoms with E-state index in [1.807, 2.05) is 0 Å². The minimum Gasteiger partial charge on any atom is -0.466 e. The fourth-order valence-electron chi connectivity index (χ4n) is 7.29. The average molecular weight is 509 g/mol. The van der Waals surface area contributed by atoms with Crippen LogP contribution in [0.25, 0.3) is 0 Å². The Bertz CT molecular complexity index is 1050. The van der Waals surface area contributed by atoms with Crippen molar-refractivity contribution < 1.29 is 47.6 Å². The number of esters is 2. The monoisotopic (exact) mass is 508 g/mol. The van der Waals surface area contributed by atoms with Crippen LogP contribution in [0.3, 0.4) is 0 Å². The third-order valence-electron chi connectivity index (χ3n) is 8.55. The number of carbonyl (C=O) groups is 4. The van der Waals surface area contributed by atoms with Gasteiger partial charge >= 0.3 is 11.9 Å². The summed E-state index contributed by atoms with van der Waals surface area (Å²) in [6.07, 6.45) is 3.30. The fourth-order valence-corrected chi connectivity index (χ4v) is 9.56. The molecule has 1 saturated heterocycles. The number of ether oxygens (including phenoxy) is 6. The van der Waals surface area contributed by atoms with E-state index in [0.717, 1.165) is 0 Å².